The van der Waals surface area contributed by atoms with Crippen molar-refractivity contribution in [1.29, 1.82) is 0 Å². The summed E-state index contributed by atoms with van der Waals surface area (Å²) in [6, 6.07) is 1.34. The van der Waals surface area contributed by atoms with Crippen molar-refractivity contribution < 1.29 is 23.4 Å². The summed E-state index contributed by atoms with van der Waals surface area (Å²) in [4.78, 5) is 10.7. The van der Waals surface area contributed by atoms with Crippen LogP contribution in [-0.4, -0.2) is 25.2 Å². The highest BCUT2D eigenvalue weighted by Crippen LogP contribution is 2.34. The van der Waals surface area contributed by atoms with E-state index in [4.69, 9.17) is 5.11 Å². The molecule has 1 aliphatic rings. The van der Waals surface area contributed by atoms with Crippen LogP contribution in [0.5, 0.6) is 0 Å². The van der Waals surface area contributed by atoms with E-state index in [0.29, 0.717) is 0 Å². The number of carboxylic acid groups (broad SMARTS) is 1. The topological polar surface area (TPSA) is 94.5 Å². The van der Waals surface area contributed by atoms with Crippen LogP contribution in [-0.2, 0) is 14.6 Å². The Morgan fingerprint density at radius 3 is 2.80 bits per heavy atom. The van der Waals surface area contributed by atoms with Crippen molar-refractivity contribution >= 4 is 32.9 Å². The lowest BCUT2D eigenvalue weighted by Gasteiger charge is -2.22. The fourth-order valence-electron chi connectivity index (χ4n) is 1.35. The highest BCUT2D eigenvalue weighted by molar-refractivity contribution is 7.93. The molecule has 0 saturated heterocycles. The van der Waals surface area contributed by atoms with Crippen molar-refractivity contribution in [1.82, 2.24) is 0 Å². The third kappa shape index (κ3) is 1.44. The highest BCUT2D eigenvalue weighted by atomic mass is 32.2. The zero-order chi connectivity index (χ0) is 11.2. The van der Waals surface area contributed by atoms with E-state index >= 15 is 0 Å². The van der Waals surface area contributed by atoms with Gasteiger partial charge in [-0.05, 0) is 17.0 Å². The van der Waals surface area contributed by atoms with Crippen LogP contribution in [0.25, 0.3) is 5.76 Å². The molecule has 0 aromatic carbocycles. The molecule has 0 fully saturated rings. The van der Waals surface area contributed by atoms with Gasteiger partial charge in [0, 0.05) is 5.57 Å². The maximum absolute atomic E-state index is 11.6. The number of rotatable bonds is 1. The van der Waals surface area contributed by atoms with Gasteiger partial charge in [-0.2, -0.15) is 0 Å². The SMILES string of the molecule is O=C(O)C1=C([O-])c2ccsc2S(=O)(=O)C1. The van der Waals surface area contributed by atoms with Gasteiger partial charge in [-0.15, -0.1) is 11.3 Å². The second kappa shape index (κ2) is 3.07. The van der Waals surface area contributed by atoms with E-state index in [9.17, 15) is 18.3 Å². The van der Waals surface area contributed by atoms with Crippen molar-refractivity contribution in [2.24, 2.45) is 0 Å². The predicted octanol–water partition coefficient (Wildman–Crippen LogP) is -0.309. The van der Waals surface area contributed by atoms with Crippen molar-refractivity contribution in [3.63, 3.8) is 0 Å². The van der Waals surface area contributed by atoms with Crippen LogP contribution in [0.2, 0.25) is 0 Å². The van der Waals surface area contributed by atoms with Crippen LogP contribution in [0.4, 0.5) is 0 Å². The number of hydrogen-bond donors (Lipinski definition) is 1. The summed E-state index contributed by atoms with van der Waals surface area (Å²) in [7, 11) is -3.65. The van der Waals surface area contributed by atoms with Crippen molar-refractivity contribution in [2.75, 3.05) is 5.75 Å². The monoisotopic (exact) mass is 245 g/mol. The molecule has 80 valence electrons. The maximum Gasteiger partial charge on any atom is 0.332 e. The van der Waals surface area contributed by atoms with E-state index in [-0.39, 0.29) is 9.77 Å². The molecule has 7 heteroatoms. The zero-order valence-corrected chi connectivity index (χ0v) is 8.89. The zero-order valence-electron chi connectivity index (χ0n) is 7.26. The molecule has 2 heterocycles. The van der Waals surface area contributed by atoms with E-state index in [0.717, 1.165) is 11.3 Å². The van der Waals surface area contributed by atoms with E-state index in [1.54, 1.807) is 0 Å². The summed E-state index contributed by atoms with van der Waals surface area (Å²) in [5, 5.41) is 21.7. The Balaban J connectivity index is 2.76. The Labute approximate surface area is 89.2 Å². The van der Waals surface area contributed by atoms with Gasteiger partial charge in [-0.1, -0.05) is 5.76 Å². The lowest BCUT2D eigenvalue weighted by Crippen LogP contribution is -2.25. The summed E-state index contributed by atoms with van der Waals surface area (Å²) >= 11 is 0.935. The van der Waals surface area contributed by atoms with Gasteiger partial charge in [0.1, 0.15) is 4.21 Å². The third-order valence-corrected chi connectivity index (χ3v) is 5.23. The van der Waals surface area contributed by atoms with Crippen LogP contribution in [0.3, 0.4) is 0 Å². The average Bonchev–Trinajstić information content (AvgIpc) is 2.60. The molecule has 0 spiro atoms. The first kappa shape index (κ1) is 10.2. The van der Waals surface area contributed by atoms with Gasteiger partial charge in [0.15, 0.2) is 9.84 Å². The van der Waals surface area contributed by atoms with Gasteiger partial charge < -0.3 is 10.2 Å². The number of sulfone groups is 1. The first-order valence-corrected chi connectivity index (χ1v) is 6.41. The van der Waals surface area contributed by atoms with Crippen LogP contribution in [0.1, 0.15) is 5.56 Å². The molecule has 0 atom stereocenters. The molecule has 0 radical (unpaired) electrons. The summed E-state index contributed by atoms with van der Waals surface area (Å²) in [6.45, 7) is 0. The number of aliphatic carboxylic acids is 1. The lowest BCUT2D eigenvalue weighted by atomic mass is 10.1. The van der Waals surface area contributed by atoms with Crippen molar-refractivity contribution in [2.45, 2.75) is 4.21 Å². The minimum absolute atomic E-state index is 0.0244. The molecule has 1 aliphatic heterocycles. The van der Waals surface area contributed by atoms with Gasteiger partial charge in [0.25, 0.3) is 0 Å². The molecule has 1 aromatic heterocycles. The Kier molecular flexibility index (Phi) is 2.09. The smallest absolute Gasteiger partial charge is 0.332 e. The predicted molar refractivity (Wildman–Crippen MR) is 50.9 cm³/mol. The maximum atomic E-state index is 11.6. The molecule has 1 N–H and O–H groups in total. The van der Waals surface area contributed by atoms with E-state index < -0.39 is 32.9 Å². The van der Waals surface area contributed by atoms with Gasteiger partial charge in [0.05, 0.1) is 5.75 Å². The quantitative estimate of drug-likeness (QED) is 0.732. The Hall–Kier alpha value is -1.34. The third-order valence-electron chi connectivity index (χ3n) is 2.02. The summed E-state index contributed by atoms with van der Waals surface area (Å²) < 4.78 is 23.1. The van der Waals surface area contributed by atoms with Crippen LogP contribution in [0, 0.1) is 0 Å². The molecular weight excluding hydrogens is 240 g/mol. The Morgan fingerprint density at radius 2 is 2.20 bits per heavy atom. The van der Waals surface area contributed by atoms with Gasteiger partial charge >= 0.3 is 5.97 Å². The van der Waals surface area contributed by atoms with Gasteiger partial charge in [0.2, 0.25) is 0 Å². The van der Waals surface area contributed by atoms with Crippen molar-refractivity contribution in [3.05, 3.63) is 22.6 Å². The molecule has 5 nitrogen and oxygen atoms in total. The molecule has 1 aromatic rings. The van der Waals surface area contributed by atoms with Crippen LogP contribution < -0.4 is 5.11 Å². The molecule has 2 rings (SSSR count). The summed E-state index contributed by atoms with van der Waals surface area (Å²) in [5.41, 5.74) is -0.607. The minimum atomic E-state index is -3.65. The molecule has 0 unspecified atom stereocenters. The van der Waals surface area contributed by atoms with Gasteiger partial charge in [-0.25, -0.2) is 13.2 Å². The number of carboxylic acids is 1. The van der Waals surface area contributed by atoms with Gasteiger partial charge in [-0.3, -0.25) is 0 Å². The Bertz CT molecular complexity index is 564. The number of carbonyl (C=O) groups is 1. The molecule has 0 bridgehead atoms. The average molecular weight is 245 g/mol. The standard InChI is InChI=1S/C8H6O5S2/c9-6-4-1-2-14-8(4)15(12,13)3-5(6)7(10)11/h1-2,9H,3H2,(H,10,11)/p-1. The number of hydrogen-bond acceptors (Lipinski definition) is 5. The largest absolute Gasteiger partial charge is 0.872 e. The normalized spacial score (nSPS) is 18.7. The summed E-state index contributed by atoms with van der Waals surface area (Å²) in [5.74, 6) is -2.89. The highest BCUT2D eigenvalue weighted by Gasteiger charge is 2.30. The molecule has 15 heavy (non-hydrogen) atoms. The van der Waals surface area contributed by atoms with Crippen LogP contribution >= 0.6 is 11.3 Å². The van der Waals surface area contributed by atoms with E-state index in [2.05, 4.69) is 0 Å². The second-order valence-corrected chi connectivity index (χ2v) is 6.09. The minimum Gasteiger partial charge on any atom is -0.872 e. The molecular formula is C8H5O5S2-. The summed E-state index contributed by atoms with van der Waals surface area (Å²) in [6.07, 6.45) is 0. The second-order valence-electron chi connectivity index (χ2n) is 2.99. The lowest BCUT2D eigenvalue weighted by molar-refractivity contribution is -0.245. The van der Waals surface area contributed by atoms with Crippen LogP contribution in [0.15, 0.2) is 21.2 Å². The fraction of sp³-hybridized carbons (Fsp3) is 0.125. The Morgan fingerprint density at radius 1 is 1.53 bits per heavy atom. The van der Waals surface area contributed by atoms with E-state index in [1.807, 2.05) is 0 Å². The number of fused-ring (bicyclic) bond motifs is 1. The first-order chi connectivity index (χ1) is 6.93. The molecule has 0 aliphatic carbocycles. The molecule has 0 saturated carbocycles. The fourth-order valence-corrected chi connectivity index (χ4v) is 4.15. The first-order valence-electron chi connectivity index (χ1n) is 3.87. The van der Waals surface area contributed by atoms with Crippen molar-refractivity contribution in [3.8, 4) is 0 Å². The number of thiophene rings is 1. The molecule has 0 amide bonds. The van der Waals surface area contributed by atoms with E-state index in [1.165, 1.54) is 11.4 Å².